The van der Waals surface area contributed by atoms with Crippen LogP contribution in [0.4, 0.5) is 17.1 Å². The van der Waals surface area contributed by atoms with E-state index in [4.69, 9.17) is 14.7 Å². The van der Waals surface area contributed by atoms with Gasteiger partial charge >= 0.3 is 0 Å². The van der Waals surface area contributed by atoms with Crippen LogP contribution in [0.3, 0.4) is 0 Å². The van der Waals surface area contributed by atoms with Gasteiger partial charge in [-0.15, -0.1) is 0 Å². The van der Waals surface area contributed by atoms with Gasteiger partial charge in [0.1, 0.15) is 5.82 Å². The van der Waals surface area contributed by atoms with E-state index in [2.05, 4.69) is 162 Å². The standard InChI is InChI=1S/C48H35N5O/c1-30-16-24-42-45(27-30)54-46-29-35(34-19-23-39-38-13-7-8-15-41(38)52(44(39)28-34)36-11-5-4-6-12-36)20-25-43(46)53(42)37-21-17-33(18-22-37)47-31(2)48(51-32(3)50-47)40-14-9-10-26-49-40/h4-29H,1-3H3. The molecule has 1 aliphatic rings. The number of anilines is 3. The predicted molar refractivity (Wildman–Crippen MR) is 219 cm³/mol. The maximum Gasteiger partial charge on any atom is 0.152 e. The second kappa shape index (κ2) is 12.6. The molecule has 0 aliphatic carbocycles. The molecular formula is C48H35N5O. The summed E-state index contributed by atoms with van der Waals surface area (Å²) >= 11 is 0. The number of hydrogen-bond acceptors (Lipinski definition) is 5. The van der Waals surface area contributed by atoms with Crippen LogP contribution in [-0.2, 0) is 0 Å². The third-order valence-electron chi connectivity index (χ3n) is 10.4. The van der Waals surface area contributed by atoms with E-state index in [1.54, 1.807) is 6.20 Å². The Morgan fingerprint density at radius 1 is 0.500 bits per heavy atom. The Bertz CT molecular complexity index is 2880. The molecule has 0 atom stereocenters. The highest BCUT2D eigenvalue weighted by atomic mass is 16.5. The number of pyridine rings is 1. The van der Waals surface area contributed by atoms with E-state index in [-0.39, 0.29) is 0 Å². The molecule has 0 N–H and O–H groups in total. The lowest BCUT2D eigenvalue weighted by Gasteiger charge is -2.33. The third-order valence-corrected chi connectivity index (χ3v) is 10.4. The summed E-state index contributed by atoms with van der Waals surface area (Å²) in [6.07, 6.45) is 1.80. The van der Waals surface area contributed by atoms with Crippen molar-refractivity contribution in [3.8, 4) is 51.0 Å². The topological polar surface area (TPSA) is 56.1 Å². The van der Waals surface area contributed by atoms with Gasteiger partial charge in [-0.05, 0) is 110 Å². The molecule has 0 spiro atoms. The zero-order valence-corrected chi connectivity index (χ0v) is 30.2. The fraction of sp³-hybridized carbons (Fsp3) is 0.0625. The highest BCUT2D eigenvalue weighted by Crippen LogP contribution is 2.52. The van der Waals surface area contributed by atoms with Crippen molar-refractivity contribution < 1.29 is 4.74 Å². The molecule has 0 radical (unpaired) electrons. The van der Waals surface area contributed by atoms with E-state index in [0.717, 1.165) is 79.1 Å². The lowest BCUT2D eigenvalue weighted by atomic mass is 10.0. The van der Waals surface area contributed by atoms with Crippen molar-refractivity contribution in [2.24, 2.45) is 0 Å². The number of hydrogen-bond donors (Lipinski definition) is 0. The van der Waals surface area contributed by atoms with Gasteiger partial charge < -0.3 is 14.2 Å². The molecule has 6 aromatic carbocycles. The van der Waals surface area contributed by atoms with Crippen molar-refractivity contribution in [1.29, 1.82) is 0 Å². The Hall–Kier alpha value is -7.05. The molecule has 258 valence electrons. The van der Waals surface area contributed by atoms with Crippen LogP contribution in [0.25, 0.3) is 61.3 Å². The minimum atomic E-state index is 0.711. The average Bonchev–Trinajstić information content (AvgIpc) is 3.55. The van der Waals surface area contributed by atoms with Crippen molar-refractivity contribution in [2.45, 2.75) is 20.8 Å². The van der Waals surface area contributed by atoms with Crippen molar-refractivity contribution in [2.75, 3.05) is 4.90 Å². The molecule has 0 amide bonds. The van der Waals surface area contributed by atoms with Crippen LogP contribution in [0.15, 0.2) is 158 Å². The molecule has 4 heterocycles. The Morgan fingerprint density at radius 2 is 1.17 bits per heavy atom. The van der Waals surface area contributed by atoms with Crippen LogP contribution in [0.5, 0.6) is 11.5 Å². The minimum Gasteiger partial charge on any atom is -0.453 e. The summed E-state index contributed by atoms with van der Waals surface area (Å²) in [5.41, 5.74) is 14.5. The van der Waals surface area contributed by atoms with Crippen molar-refractivity contribution >= 4 is 38.9 Å². The van der Waals surface area contributed by atoms with Crippen molar-refractivity contribution in [1.82, 2.24) is 19.5 Å². The first-order valence-electron chi connectivity index (χ1n) is 18.2. The van der Waals surface area contributed by atoms with Crippen molar-refractivity contribution in [3.63, 3.8) is 0 Å². The van der Waals surface area contributed by atoms with E-state index in [1.165, 1.54) is 21.8 Å². The van der Waals surface area contributed by atoms with E-state index >= 15 is 0 Å². The van der Waals surface area contributed by atoms with Crippen LogP contribution < -0.4 is 9.64 Å². The molecule has 0 unspecified atom stereocenters. The zero-order chi connectivity index (χ0) is 36.3. The van der Waals surface area contributed by atoms with Gasteiger partial charge in [-0.2, -0.15) is 0 Å². The molecule has 6 nitrogen and oxygen atoms in total. The molecular weight excluding hydrogens is 663 g/mol. The summed E-state index contributed by atoms with van der Waals surface area (Å²) < 4.78 is 9.07. The first-order chi connectivity index (χ1) is 26.5. The first-order valence-corrected chi connectivity index (χ1v) is 18.2. The molecule has 9 aromatic rings. The summed E-state index contributed by atoms with van der Waals surface area (Å²) in [6, 6.07) is 53.4. The van der Waals surface area contributed by atoms with Crippen molar-refractivity contribution in [3.05, 3.63) is 175 Å². The third kappa shape index (κ3) is 5.22. The van der Waals surface area contributed by atoms with Gasteiger partial charge in [-0.25, -0.2) is 9.97 Å². The van der Waals surface area contributed by atoms with Crippen LogP contribution in [0.2, 0.25) is 0 Å². The van der Waals surface area contributed by atoms with Gasteiger partial charge in [0.05, 0.1) is 39.5 Å². The number of aryl methyl sites for hydroxylation is 2. The molecule has 1 aliphatic heterocycles. The van der Waals surface area contributed by atoms with Gasteiger partial charge in [0.25, 0.3) is 0 Å². The number of ether oxygens (including phenoxy) is 1. The highest BCUT2D eigenvalue weighted by molar-refractivity contribution is 6.10. The molecule has 0 saturated carbocycles. The average molecular weight is 698 g/mol. The molecule has 6 heteroatoms. The Morgan fingerprint density at radius 3 is 1.98 bits per heavy atom. The normalized spacial score (nSPS) is 12.1. The van der Waals surface area contributed by atoms with Gasteiger partial charge in [0, 0.05) is 39.5 Å². The number of nitrogens with zero attached hydrogens (tertiary/aromatic N) is 5. The molecule has 0 bridgehead atoms. The highest BCUT2D eigenvalue weighted by Gasteiger charge is 2.27. The number of fused-ring (bicyclic) bond motifs is 5. The maximum atomic E-state index is 6.71. The zero-order valence-electron chi connectivity index (χ0n) is 30.2. The molecule has 3 aromatic heterocycles. The molecule has 0 fully saturated rings. The van der Waals surface area contributed by atoms with E-state index in [9.17, 15) is 0 Å². The largest absolute Gasteiger partial charge is 0.453 e. The molecule has 54 heavy (non-hydrogen) atoms. The summed E-state index contributed by atoms with van der Waals surface area (Å²) in [6.45, 7) is 6.10. The second-order valence-corrected chi connectivity index (χ2v) is 13.9. The number of aromatic nitrogens is 4. The fourth-order valence-corrected chi connectivity index (χ4v) is 7.81. The summed E-state index contributed by atoms with van der Waals surface area (Å²) in [4.78, 5) is 16.5. The monoisotopic (exact) mass is 697 g/mol. The van der Waals surface area contributed by atoms with Gasteiger partial charge in [0.2, 0.25) is 0 Å². The maximum absolute atomic E-state index is 6.71. The SMILES string of the molecule is Cc1ccc2c(c1)Oc1cc(-c3ccc4c5ccccc5n(-c5ccccc5)c4c3)ccc1N2c1ccc(-c2nc(C)nc(-c3ccccn3)c2C)cc1. The van der Waals surface area contributed by atoms with Crippen LogP contribution in [0.1, 0.15) is 17.0 Å². The fourth-order valence-electron chi connectivity index (χ4n) is 7.81. The van der Waals surface area contributed by atoms with Gasteiger partial charge in [-0.1, -0.05) is 78.9 Å². The van der Waals surface area contributed by atoms with Crippen LogP contribution in [0, 0.1) is 20.8 Å². The molecule has 10 rings (SSSR count). The van der Waals surface area contributed by atoms with E-state index in [1.807, 2.05) is 25.1 Å². The first kappa shape index (κ1) is 31.7. The lowest BCUT2D eigenvalue weighted by Crippen LogP contribution is -2.16. The quantitative estimate of drug-likeness (QED) is 0.179. The molecule has 0 saturated heterocycles. The lowest BCUT2D eigenvalue weighted by molar-refractivity contribution is 0.477. The van der Waals surface area contributed by atoms with Gasteiger partial charge in [-0.3, -0.25) is 4.98 Å². The van der Waals surface area contributed by atoms with Gasteiger partial charge in [0.15, 0.2) is 11.5 Å². The number of benzene rings is 6. The van der Waals surface area contributed by atoms with E-state index < -0.39 is 0 Å². The van der Waals surface area contributed by atoms with Crippen LogP contribution >= 0.6 is 0 Å². The number of rotatable bonds is 5. The second-order valence-electron chi connectivity index (χ2n) is 13.9. The van der Waals surface area contributed by atoms with Crippen LogP contribution in [-0.4, -0.2) is 19.5 Å². The summed E-state index contributed by atoms with van der Waals surface area (Å²) in [5.74, 6) is 2.34. The Labute approximate surface area is 313 Å². The Balaban J connectivity index is 1.06. The number of para-hydroxylation sites is 2. The summed E-state index contributed by atoms with van der Waals surface area (Å²) in [5, 5.41) is 2.47. The smallest absolute Gasteiger partial charge is 0.152 e. The Kier molecular flexibility index (Phi) is 7.37. The minimum absolute atomic E-state index is 0.711. The predicted octanol–water partition coefficient (Wildman–Crippen LogP) is 12.5. The van der Waals surface area contributed by atoms with E-state index in [0.29, 0.717) is 5.82 Å². The summed E-state index contributed by atoms with van der Waals surface area (Å²) in [7, 11) is 0.